The van der Waals surface area contributed by atoms with Crippen molar-refractivity contribution < 1.29 is 13.5 Å². The van der Waals surface area contributed by atoms with Crippen LogP contribution in [-0.4, -0.2) is 45.0 Å². The molecule has 0 spiro atoms. The molecule has 0 aliphatic carbocycles. The Labute approximate surface area is 153 Å². The fourth-order valence-electron chi connectivity index (χ4n) is 3.50. The summed E-state index contributed by atoms with van der Waals surface area (Å²) in [7, 11) is 1.59. The molecule has 4 heterocycles. The third kappa shape index (κ3) is 2.75. The van der Waals surface area contributed by atoms with E-state index < -0.39 is 0 Å². The van der Waals surface area contributed by atoms with E-state index in [1.165, 1.54) is 12.1 Å². The van der Waals surface area contributed by atoms with Crippen LogP contribution in [0.1, 0.15) is 24.6 Å². The van der Waals surface area contributed by atoms with Crippen LogP contribution in [0.5, 0.6) is 5.88 Å². The zero-order chi connectivity index (χ0) is 18.4. The third-order valence-corrected chi connectivity index (χ3v) is 4.94. The Morgan fingerprint density at radius 1 is 1.15 bits per heavy atom. The predicted molar refractivity (Wildman–Crippen MR) is 95.5 cm³/mol. The molecule has 9 heteroatoms. The van der Waals surface area contributed by atoms with Crippen LogP contribution < -0.4 is 9.64 Å². The molecule has 1 fully saturated rings. The highest BCUT2D eigenvalue weighted by molar-refractivity contribution is 5.74. The molecule has 3 aromatic heterocycles. The number of hydrogen-bond acceptors (Lipinski definition) is 7. The molecule has 138 valence electrons. The number of piperidine rings is 1. The molecule has 0 N–H and O–H groups in total. The normalized spacial score (nSPS) is 15.7. The summed E-state index contributed by atoms with van der Waals surface area (Å²) in [5.41, 5.74) is 1.83. The Hall–Kier alpha value is -3.23. The average molecular weight is 368 g/mol. The van der Waals surface area contributed by atoms with E-state index in [1.54, 1.807) is 23.8 Å². The van der Waals surface area contributed by atoms with Crippen LogP contribution >= 0.6 is 0 Å². The van der Waals surface area contributed by atoms with Crippen molar-refractivity contribution in [2.45, 2.75) is 18.8 Å². The van der Waals surface area contributed by atoms with Gasteiger partial charge in [0.1, 0.15) is 11.3 Å². The zero-order valence-corrected chi connectivity index (χ0v) is 14.7. The van der Waals surface area contributed by atoms with Gasteiger partial charge in [-0.1, -0.05) is 0 Å². The number of ether oxygens (including phenoxy) is 1. The number of nitrogens with zero attached hydrogens (tertiary/aromatic N) is 6. The summed E-state index contributed by atoms with van der Waals surface area (Å²) in [4.78, 5) is 6.54. The number of rotatable bonds is 3. The molecule has 1 aliphatic heterocycles. The van der Waals surface area contributed by atoms with Crippen LogP contribution in [-0.2, 0) is 0 Å². The van der Waals surface area contributed by atoms with E-state index >= 15 is 0 Å². The summed E-state index contributed by atoms with van der Waals surface area (Å²) >= 11 is 0. The van der Waals surface area contributed by atoms with Gasteiger partial charge in [0.2, 0.25) is 5.88 Å². The van der Waals surface area contributed by atoms with Crippen molar-refractivity contribution in [3.63, 3.8) is 0 Å². The average Bonchev–Trinajstić information content (AvgIpc) is 3.31. The second-order valence-electron chi connectivity index (χ2n) is 6.57. The molecule has 1 aliphatic rings. The molecular formula is C18H17FN6O2. The number of oxazole rings is 1. The minimum Gasteiger partial charge on any atom is -0.480 e. The lowest BCUT2D eigenvalue weighted by Crippen LogP contribution is -2.33. The zero-order valence-electron chi connectivity index (χ0n) is 14.7. The van der Waals surface area contributed by atoms with Gasteiger partial charge in [0.25, 0.3) is 6.01 Å². The van der Waals surface area contributed by atoms with Gasteiger partial charge in [0, 0.05) is 31.1 Å². The summed E-state index contributed by atoms with van der Waals surface area (Å²) in [6.45, 7) is 1.53. The van der Waals surface area contributed by atoms with Crippen molar-refractivity contribution in [2.24, 2.45) is 0 Å². The molecule has 1 aromatic carbocycles. The number of hydrogen-bond donors (Lipinski definition) is 0. The number of anilines is 1. The van der Waals surface area contributed by atoms with Crippen molar-refractivity contribution in [1.82, 2.24) is 24.8 Å². The Bertz CT molecular complexity index is 1120. The molecule has 0 amide bonds. The first-order valence-electron chi connectivity index (χ1n) is 8.78. The molecule has 0 bridgehead atoms. The summed E-state index contributed by atoms with van der Waals surface area (Å²) in [5.74, 6) is 1.27. The number of aromatic nitrogens is 5. The highest BCUT2D eigenvalue weighted by Crippen LogP contribution is 2.31. The molecule has 4 aromatic rings. The largest absolute Gasteiger partial charge is 0.480 e. The molecule has 0 saturated carbocycles. The van der Waals surface area contributed by atoms with Crippen LogP contribution in [0.3, 0.4) is 0 Å². The number of benzene rings is 1. The Morgan fingerprint density at radius 2 is 2.00 bits per heavy atom. The Kier molecular flexibility index (Phi) is 3.66. The van der Waals surface area contributed by atoms with Gasteiger partial charge in [-0.25, -0.2) is 4.39 Å². The maximum Gasteiger partial charge on any atom is 0.298 e. The molecule has 0 radical (unpaired) electrons. The first-order chi connectivity index (χ1) is 13.2. The standard InChI is InChI=1S/C18H17FN6O2/c1-26-16-5-4-15-21-22-17(25(15)23-16)11-6-8-24(9-7-11)18-20-13-3-2-12(19)10-14(13)27-18/h2-5,10-11H,6-9H2,1H3. The minimum atomic E-state index is -0.328. The van der Waals surface area contributed by atoms with Gasteiger partial charge < -0.3 is 14.1 Å². The first kappa shape index (κ1) is 16.0. The van der Waals surface area contributed by atoms with Crippen LogP contribution in [0, 0.1) is 5.82 Å². The van der Waals surface area contributed by atoms with Crippen molar-refractivity contribution in [3.05, 3.63) is 42.0 Å². The van der Waals surface area contributed by atoms with Crippen LogP contribution in [0.15, 0.2) is 34.7 Å². The van der Waals surface area contributed by atoms with Crippen LogP contribution in [0.25, 0.3) is 16.7 Å². The van der Waals surface area contributed by atoms with Gasteiger partial charge in [-0.05, 0) is 31.0 Å². The molecule has 8 nitrogen and oxygen atoms in total. The Morgan fingerprint density at radius 3 is 2.81 bits per heavy atom. The highest BCUT2D eigenvalue weighted by Gasteiger charge is 2.27. The predicted octanol–water partition coefficient (Wildman–Crippen LogP) is 2.80. The summed E-state index contributed by atoms with van der Waals surface area (Å²) in [5, 5.41) is 13.0. The van der Waals surface area contributed by atoms with Gasteiger partial charge in [-0.15, -0.1) is 15.3 Å². The topological polar surface area (TPSA) is 81.6 Å². The smallest absolute Gasteiger partial charge is 0.298 e. The van der Waals surface area contributed by atoms with E-state index in [0.29, 0.717) is 28.6 Å². The van der Waals surface area contributed by atoms with Crippen LogP contribution in [0.4, 0.5) is 10.4 Å². The fourth-order valence-corrected chi connectivity index (χ4v) is 3.50. The van der Waals surface area contributed by atoms with E-state index in [1.807, 2.05) is 6.07 Å². The summed E-state index contributed by atoms with van der Waals surface area (Å²) in [6, 6.07) is 8.52. The monoisotopic (exact) mass is 368 g/mol. The molecule has 1 saturated heterocycles. The van der Waals surface area contributed by atoms with Gasteiger partial charge in [-0.3, -0.25) is 0 Å². The lowest BCUT2D eigenvalue weighted by atomic mass is 9.96. The van der Waals surface area contributed by atoms with Crippen molar-refractivity contribution in [2.75, 3.05) is 25.1 Å². The maximum absolute atomic E-state index is 13.3. The third-order valence-electron chi connectivity index (χ3n) is 4.94. The van der Waals surface area contributed by atoms with E-state index in [9.17, 15) is 4.39 Å². The first-order valence-corrected chi connectivity index (χ1v) is 8.78. The molecule has 27 heavy (non-hydrogen) atoms. The summed E-state index contributed by atoms with van der Waals surface area (Å²) in [6.07, 6.45) is 1.74. The van der Waals surface area contributed by atoms with Crippen molar-refractivity contribution in [1.29, 1.82) is 0 Å². The molecular weight excluding hydrogens is 351 g/mol. The quantitative estimate of drug-likeness (QED) is 0.550. The van der Waals surface area contributed by atoms with E-state index in [2.05, 4.69) is 25.2 Å². The van der Waals surface area contributed by atoms with Crippen LogP contribution in [0.2, 0.25) is 0 Å². The maximum atomic E-state index is 13.3. The van der Waals surface area contributed by atoms with Gasteiger partial charge in [0.15, 0.2) is 17.1 Å². The second-order valence-corrected chi connectivity index (χ2v) is 6.57. The van der Waals surface area contributed by atoms with Gasteiger partial charge in [0.05, 0.1) is 7.11 Å². The van der Waals surface area contributed by atoms with Crippen molar-refractivity contribution >= 4 is 22.8 Å². The lowest BCUT2D eigenvalue weighted by Gasteiger charge is -2.29. The SMILES string of the molecule is COc1ccc2nnc(C3CCN(c4nc5ccc(F)cc5o4)CC3)n2n1. The highest BCUT2D eigenvalue weighted by atomic mass is 19.1. The van der Waals surface area contributed by atoms with E-state index in [-0.39, 0.29) is 11.7 Å². The molecule has 0 unspecified atom stereocenters. The number of fused-ring (bicyclic) bond motifs is 2. The minimum absolute atomic E-state index is 0.234. The fraction of sp³-hybridized carbons (Fsp3) is 0.333. The lowest BCUT2D eigenvalue weighted by molar-refractivity contribution is 0.386. The Balaban J connectivity index is 1.36. The van der Waals surface area contributed by atoms with E-state index in [4.69, 9.17) is 9.15 Å². The van der Waals surface area contributed by atoms with Crippen molar-refractivity contribution in [3.8, 4) is 5.88 Å². The van der Waals surface area contributed by atoms with Gasteiger partial charge in [-0.2, -0.15) is 9.50 Å². The second kappa shape index (κ2) is 6.19. The van der Waals surface area contributed by atoms with E-state index in [0.717, 1.165) is 31.8 Å². The number of halogens is 1. The molecule has 5 rings (SSSR count). The number of methoxy groups -OCH3 is 1. The summed E-state index contributed by atoms with van der Waals surface area (Å²) < 4.78 is 26.0. The molecule has 0 atom stereocenters. The van der Waals surface area contributed by atoms with Gasteiger partial charge >= 0.3 is 0 Å².